The lowest BCUT2D eigenvalue weighted by atomic mass is 10.2. The van der Waals surface area contributed by atoms with Crippen LogP contribution in [0.3, 0.4) is 0 Å². The molecule has 1 fully saturated rings. The van der Waals surface area contributed by atoms with E-state index in [1.165, 1.54) is 0 Å². The lowest BCUT2D eigenvalue weighted by Crippen LogP contribution is -2.52. The number of aryl methyl sites for hydroxylation is 1. The fourth-order valence-electron chi connectivity index (χ4n) is 2.19. The standard InChI is InChI=1S/C12H22N6O/c1-11(17-8-4-13-5-9-17)12(19)14-3-2-7-18-10-6-15-16-18/h6,10-11,13H,2-5,7-9H2,1H3,(H,14,19). The molecular weight excluding hydrogens is 244 g/mol. The maximum Gasteiger partial charge on any atom is 0.237 e. The second-order valence-corrected chi connectivity index (χ2v) is 4.77. The molecule has 0 bridgehead atoms. The van der Waals surface area contributed by atoms with E-state index in [9.17, 15) is 4.79 Å². The zero-order valence-electron chi connectivity index (χ0n) is 11.4. The summed E-state index contributed by atoms with van der Waals surface area (Å²) in [6.45, 7) is 7.23. The Hall–Kier alpha value is -1.47. The van der Waals surface area contributed by atoms with Crippen molar-refractivity contribution in [3.63, 3.8) is 0 Å². The smallest absolute Gasteiger partial charge is 0.237 e. The first-order valence-corrected chi connectivity index (χ1v) is 6.84. The zero-order chi connectivity index (χ0) is 13.5. The number of carbonyl (C=O) groups excluding carboxylic acids is 1. The van der Waals surface area contributed by atoms with E-state index in [1.807, 2.05) is 13.1 Å². The molecule has 1 atom stereocenters. The summed E-state index contributed by atoms with van der Waals surface area (Å²) < 4.78 is 1.77. The summed E-state index contributed by atoms with van der Waals surface area (Å²) in [5.41, 5.74) is 0. The van der Waals surface area contributed by atoms with Gasteiger partial charge in [-0.3, -0.25) is 14.4 Å². The molecule has 0 aliphatic carbocycles. The molecule has 1 unspecified atom stereocenters. The van der Waals surface area contributed by atoms with Crippen molar-refractivity contribution in [1.29, 1.82) is 0 Å². The Bertz CT molecular complexity index is 374. The molecule has 0 saturated carbocycles. The van der Waals surface area contributed by atoms with Crippen molar-refractivity contribution in [2.75, 3.05) is 32.7 Å². The van der Waals surface area contributed by atoms with E-state index in [0.717, 1.165) is 39.1 Å². The fourth-order valence-corrected chi connectivity index (χ4v) is 2.19. The van der Waals surface area contributed by atoms with Crippen molar-refractivity contribution in [3.05, 3.63) is 12.4 Å². The van der Waals surface area contributed by atoms with Crippen LogP contribution in [0.1, 0.15) is 13.3 Å². The lowest BCUT2D eigenvalue weighted by molar-refractivity contribution is -0.126. The molecule has 1 aliphatic rings. The molecule has 1 aliphatic heterocycles. The lowest BCUT2D eigenvalue weighted by Gasteiger charge is -2.31. The summed E-state index contributed by atoms with van der Waals surface area (Å²) in [5.74, 6) is 0.112. The van der Waals surface area contributed by atoms with E-state index in [-0.39, 0.29) is 11.9 Å². The van der Waals surface area contributed by atoms with E-state index in [0.29, 0.717) is 6.54 Å². The molecule has 19 heavy (non-hydrogen) atoms. The van der Waals surface area contributed by atoms with Crippen molar-refractivity contribution >= 4 is 5.91 Å². The average Bonchev–Trinajstić information content (AvgIpc) is 2.96. The van der Waals surface area contributed by atoms with Crippen LogP contribution in [0.25, 0.3) is 0 Å². The van der Waals surface area contributed by atoms with Crippen LogP contribution in [-0.4, -0.2) is 64.6 Å². The molecule has 106 valence electrons. The first-order valence-electron chi connectivity index (χ1n) is 6.84. The quantitative estimate of drug-likeness (QED) is 0.651. The maximum absolute atomic E-state index is 12.0. The molecule has 2 heterocycles. The van der Waals surface area contributed by atoms with E-state index in [4.69, 9.17) is 0 Å². The molecule has 2 N–H and O–H groups in total. The van der Waals surface area contributed by atoms with Crippen molar-refractivity contribution in [3.8, 4) is 0 Å². The second-order valence-electron chi connectivity index (χ2n) is 4.77. The molecule has 1 aromatic rings. The third-order valence-electron chi connectivity index (χ3n) is 3.41. The monoisotopic (exact) mass is 266 g/mol. The molecular formula is C12H22N6O. The number of nitrogens with one attached hydrogen (secondary N) is 2. The van der Waals surface area contributed by atoms with Crippen LogP contribution in [0.2, 0.25) is 0 Å². The van der Waals surface area contributed by atoms with Crippen LogP contribution in [0, 0.1) is 0 Å². The summed E-state index contributed by atoms with van der Waals surface area (Å²) in [6, 6.07) is -0.0477. The summed E-state index contributed by atoms with van der Waals surface area (Å²) in [7, 11) is 0. The highest BCUT2D eigenvalue weighted by molar-refractivity contribution is 5.81. The van der Waals surface area contributed by atoms with Gasteiger partial charge in [-0.15, -0.1) is 5.10 Å². The SMILES string of the molecule is CC(C(=O)NCCCn1ccnn1)N1CCNCC1. The van der Waals surface area contributed by atoms with Crippen molar-refractivity contribution in [1.82, 2.24) is 30.5 Å². The third-order valence-corrected chi connectivity index (χ3v) is 3.41. The molecule has 1 saturated heterocycles. The van der Waals surface area contributed by atoms with Crippen LogP contribution in [0.15, 0.2) is 12.4 Å². The van der Waals surface area contributed by atoms with Crippen LogP contribution in [0.4, 0.5) is 0 Å². The van der Waals surface area contributed by atoms with Crippen molar-refractivity contribution in [2.45, 2.75) is 25.9 Å². The second kappa shape index (κ2) is 7.20. The molecule has 0 aromatic carbocycles. The number of rotatable bonds is 6. The predicted molar refractivity (Wildman–Crippen MR) is 71.6 cm³/mol. The van der Waals surface area contributed by atoms with Crippen LogP contribution < -0.4 is 10.6 Å². The van der Waals surface area contributed by atoms with E-state index >= 15 is 0 Å². The van der Waals surface area contributed by atoms with Gasteiger partial charge in [0.2, 0.25) is 5.91 Å². The summed E-state index contributed by atoms with van der Waals surface area (Å²) in [6.07, 6.45) is 4.35. The Morgan fingerprint density at radius 2 is 2.26 bits per heavy atom. The van der Waals surface area contributed by atoms with Gasteiger partial charge in [-0.05, 0) is 13.3 Å². The fraction of sp³-hybridized carbons (Fsp3) is 0.750. The van der Waals surface area contributed by atoms with Crippen LogP contribution in [0.5, 0.6) is 0 Å². The van der Waals surface area contributed by atoms with Gasteiger partial charge in [-0.25, -0.2) is 0 Å². The highest BCUT2D eigenvalue weighted by Crippen LogP contribution is 2.01. The normalized spacial score (nSPS) is 18.2. The largest absolute Gasteiger partial charge is 0.355 e. The van der Waals surface area contributed by atoms with Crippen molar-refractivity contribution in [2.24, 2.45) is 0 Å². The number of carbonyl (C=O) groups is 1. The topological polar surface area (TPSA) is 75.1 Å². The highest BCUT2D eigenvalue weighted by Gasteiger charge is 2.21. The maximum atomic E-state index is 12.0. The van der Waals surface area contributed by atoms with E-state index in [2.05, 4.69) is 25.8 Å². The highest BCUT2D eigenvalue weighted by atomic mass is 16.2. The molecule has 7 nitrogen and oxygen atoms in total. The van der Waals surface area contributed by atoms with Crippen LogP contribution >= 0.6 is 0 Å². The predicted octanol–water partition coefficient (Wildman–Crippen LogP) is -0.922. The van der Waals surface area contributed by atoms with Gasteiger partial charge in [-0.2, -0.15) is 0 Å². The number of aromatic nitrogens is 3. The van der Waals surface area contributed by atoms with E-state index < -0.39 is 0 Å². The minimum absolute atomic E-state index is 0.0477. The number of nitrogens with zero attached hydrogens (tertiary/aromatic N) is 4. The first kappa shape index (κ1) is 14.0. The summed E-state index contributed by atoms with van der Waals surface area (Å²) >= 11 is 0. The molecule has 1 aromatic heterocycles. The Balaban J connectivity index is 1.63. The van der Waals surface area contributed by atoms with Gasteiger partial charge in [0, 0.05) is 45.5 Å². The number of hydrogen-bond acceptors (Lipinski definition) is 5. The van der Waals surface area contributed by atoms with Gasteiger partial charge in [0.25, 0.3) is 0 Å². The number of amides is 1. The van der Waals surface area contributed by atoms with Gasteiger partial charge < -0.3 is 10.6 Å². The number of piperazine rings is 1. The minimum atomic E-state index is -0.0477. The molecule has 1 amide bonds. The third kappa shape index (κ3) is 4.29. The van der Waals surface area contributed by atoms with E-state index in [1.54, 1.807) is 10.9 Å². The Morgan fingerprint density at radius 3 is 2.95 bits per heavy atom. The van der Waals surface area contributed by atoms with Crippen molar-refractivity contribution < 1.29 is 4.79 Å². The Kier molecular flexibility index (Phi) is 5.29. The zero-order valence-corrected chi connectivity index (χ0v) is 11.4. The summed E-state index contributed by atoms with van der Waals surface area (Å²) in [4.78, 5) is 14.2. The Labute approximate surface area is 113 Å². The van der Waals surface area contributed by atoms with Crippen LogP contribution in [-0.2, 0) is 11.3 Å². The molecule has 0 spiro atoms. The molecule has 0 radical (unpaired) electrons. The van der Waals surface area contributed by atoms with Gasteiger partial charge >= 0.3 is 0 Å². The van der Waals surface area contributed by atoms with Gasteiger partial charge in [0.15, 0.2) is 0 Å². The first-order chi connectivity index (χ1) is 9.27. The van der Waals surface area contributed by atoms with Gasteiger partial charge in [-0.1, -0.05) is 5.21 Å². The average molecular weight is 266 g/mol. The Morgan fingerprint density at radius 1 is 1.47 bits per heavy atom. The van der Waals surface area contributed by atoms with Gasteiger partial charge in [0.1, 0.15) is 0 Å². The number of hydrogen-bond donors (Lipinski definition) is 2. The van der Waals surface area contributed by atoms with Gasteiger partial charge in [0.05, 0.1) is 12.2 Å². The molecule has 7 heteroatoms. The minimum Gasteiger partial charge on any atom is -0.355 e. The molecule has 2 rings (SSSR count). The summed E-state index contributed by atoms with van der Waals surface area (Å²) in [5, 5.41) is 13.9.